The molecule has 0 aromatic heterocycles. The first-order valence-corrected chi connectivity index (χ1v) is 7.03. The molecule has 1 aliphatic rings. The summed E-state index contributed by atoms with van der Waals surface area (Å²) in [7, 11) is 0. The molecule has 1 saturated heterocycles. The van der Waals surface area contributed by atoms with Gasteiger partial charge in [0.1, 0.15) is 5.38 Å². The zero-order chi connectivity index (χ0) is 12.0. The Morgan fingerprint density at radius 2 is 1.81 bits per heavy atom. The van der Waals surface area contributed by atoms with Gasteiger partial charge in [-0.1, -0.05) is 33.1 Å². The molecule has 1 rings (SSSR count). The highest BCUT2D eigenvalue weighted by atomic mass is 35.5. The van der Waals surface area contributed by atoms with Crippen LogP contribution in [0.3, 0.4) is 0 Å². The highest BCUT2D eigenvalue weighted by Crippen LogP contribution is 2.20. The minimum Gasteiger partial charge on any atom is -0.341 e. The van der Waals surface area contributed by atoms with Gasteiger partial charge in [0.25, 0.3) is 0 Å². The quantitative estimate of drug-likeness (QED) is 0.695. The summed E-state index contributed by atoms with van der Waals surface area (Å²) in [6, 6.07) is 0. The van der Waals surface area contributed by atoms with Crippen LogP contribution in [-0.2, 0) is 4.79 Å². The van der Waals surface area contributed by atoms with Gasteiger partial charge in [0, 0.05) is 13.1 Å². The van der Waals surface area contributed by atoms with Crippen LogP contribution in [-0.4, -0.2) is 29.3 Å². The van der Waals surface area contributed by atoms with E-state index >= 15 is 0 Å². The molecule has 2 nitrogen and oxygen atoms in total. The monoisotopic (exact) mass is 245 g/mol. The second-order valence-corrected chi connectivity index (χ2v) is 5.38. The maximum atomic E-state index is 12.2. The van der Waals surface area contributed by atoms with Crippen LogP contribution in [0.1, 0.15) is 52.4 Å². The van der Waals surface area contributed by atoms with Crippen molar-refractivity contribution in [2.45, 2.75) is 57.7 Å². The van der Waals surface area contributed by atoms with Gasteiger partial charge in [-0.2, -0.15) is 0 Å². The Bertz CT molecular complexity index is 212. The van der Waals surface area contributed by atoms with Crippen molar-refractivity contribution in [3.8, 4) is 0 Å². The SMILES string of the molecule is CCCC(C)C(Cl)C(=O)N1CCCCCC1. The summed E-state index contributed by atoms with van der Waals surface area (Å²) in [4.78, 5) is 14.1. The van der Waals surface area contributed by atoms with Crippen LogP contribution in [0.5, 0.6) is 0 Å². The summed E-state index contributed by atoms with van der Waals surface area (Å²) in [5.74, 6) is 0.451. The fraction of sp³-hybridized carbons (Fsp3) is 0.923. The molecule has 0 aromatic carbocycles. The van der Waals surface area contributed by atoms with Crippen molar-refractivity contribution < 1.29 is 4.79 Å². The molecular weight excluding hydrogens is 222 g/mol. The lowest BCUT2D eigenvalue weighted by Crippen LogP contribution is -2.40. The molecule has 16 heavy (non-hydrogen) atoms. The van der Waals surface area contributed by atoms with Gasteiger partial charge < -0.3 is 4.90 Å². The zero-order valence-corrected chi connectivity index (χ0v) is 11.3. The van der Waals surface area contributed by atoms with Gasteiger partial charge in [0.2, 0.25) is 5.91 Å². The van der Waals surface area contributed by atoms with Crippen molar-refractivity contribution >= 4 is 17.5 Å². The van der Waals surface area contributed by atoms with Crippen molar-refractivity contribution in [3.63, 3.8) is 0 Å². The minimum atomic E-state index is -0.321. The van der Waals surface area contributed by atoms with Gasteiger partial charge in [-0.3, -0.25) is 4.79 Å². The maximum Gasteiger partial charge on any atom is 0.240 e. The first-order valence-electron chi connectivity index (χ1n) is 6.59. The molecule has 2 unspecified atom stereocenters. The molecule has 0 radical (unpaired) electrons. The second-order valence-electron chi connectivity index (χ2n) is 4.91. The van der Waals surface area contributed by atoms with Crippen LogP contribution in [0.25, 0.3) is 0 Å². The molecule has 0 aliphatic carbocycles. The molecule has 94 valence electrons. The summed E-state index contributed by atoms with van der Waals surface area (Å²) in [6.07, 6.45) is 6.91. The summed E-state index contributed by atoms with van der Waals surface area (Å²) < 4.78 is 0. The number of carbonyl (C=O) groups excluding carboxylic acids is 1. The lowest BCUT2D eigenvalue weighted by Gasteiger charge is -2.26. The molecule has 0 saturated carbocycles. The average Bonchev–Trinajstić information content (AvgIpc) is 2.56. The number of hydrogen-bond donors (Lipinski definition) is 0. The topological polar surface area (TPSA) is 20.3 Å². The van der Waals surface area contributed by atoms with Crippen molar-refractivity contribution in [2.75, 3.05) is 13.1 Å². The average molecular weight is 246 g/mol. The normalized spacial score (nSPS) is 21.3. The number of halogens is 1. The fourth-order valence-electron chi connectivity index (χ4n) is 2.31. The van der Waals surface area contributed by atoms with E-state index in [0.29, 0.717) is 5.92 Å². The van der Waals surface area contributed by atoms with E-state index in [9.17, 15) is 4.79 Å². The van der Waals surface area contributed by atoms with E-state index in [1.54, 1.807) is 0 Å². The summed E-state index contributed by atoms with van der Waals surface area (Å²) in [6.45, 7) is 6.02. The molecule has 0 aromatic rings. The van der Waals surface area contributed by atoms with Crippen molar-refractivity contribution in [1.29, 1.82) is 0 Å². The van der Waals surface area contributed by atoms with Crippen molar-refractivity contribution in [1.82, 2.24) is 4.90 Å². The van der Waals surface area contributed by atoms with Crippen LogP contribution in [0, 0.1) is 5.92 Å². The second kappa shape index (κ2) is 7.16. The third kappa shape index (κ3) is 3.97. The number of carbonyl (C=O) groups is 1. The maximum absolute atomic E-state index is 12.2. The molecule has 2 atom stereocenters. The smallest absolute Gasteiger partial charge is 0.240 e. The molecule has 1 heterocycles. The summed E-state index contributed by atoms with van der Waals surface area (Å²) in [5.41, 5.74) is 0. The van der Waals surface area contributed by atoms with E-state index in [1.165, 1.54) is 12.8 Å². The van der Waals surface area contributed by atoms with E-state index in [2.05, 4.69) is 13.8 Å². The Balaban J connectivity index is 2.47. The number of amides is 1. The molecule has 1 fully saturated rings. The summed E-state index contributed by atoms with van der Waals surface area (Å²) >= 11 is 6.26. The van der Waals surface area contributed by atoms with Gasteiger partial charge >= 0.3 is 0 Å². The number of hydrogen-bond acceptors (Lipinski definition) is 1. The third-order valence-corrected chi connectivity index (χ3v) is 4.01. The predicted octanol–water partition coefficient (Wildman–Crippen LogP) is 3.43. The molecule has 0 spiro atoms. The zero-order valence-electron chi connectivity index (χ0n) is 10.5. The molecule has 1 amide bonds. The summed E-state index contributed by atoms with van der Waals surface area (Å²) in [5, 5.41) is -0.321. The van der Waals surface area contributed by atoms with E-state index in [4.69, 9.17) is 11.6 Å². The van der Waals surface area contributed by atoms with Gasteiger partial charge in [0.15, 0.2) is 0 Å². The standard InChI is InChI=1S/C13H24ClNO/c1-3-8-11(2)12(14)13(16)15-9-6-4-5-7-10-15/h11-12H,3-10H2,1-2H3. The van der Waals surface area contributed by atoms with Gasteiger partial charge in [-0.15, -0.1) is 11.6 Å². The van der Waals surface area contributed by atoms with Crippen molar-refractivity contribution in [2.24, 2.45) is 5.92 Å². The van der Waals surface area contributed by atoms with Crippen molar-refractivity contribution in [3.05, 3.63) is 0 Å². The van der Waals surface area contributed by atoms with Gasteiger partial charge in [-0.25, -0.2) is 0 Å². The minimum absolute atomic E-state index is 0.157. The Kier molecular flexibility index (Phi) is 6.18. The van der Waals surface area contributed by atoms with Crippen LogP contribution in [0.4, 0.5) is 0 Å². The van der Waals surface area contributed by atoms with E-state index < -0.39 is 0 Å². The predicted molar refractivity (Wildman–Crippen MR) is 68.8 cm³/mol. The largest absolute Gasteiger partial charge is 0.341 e. The van der Waals surface area contributed by atoms with Crippen LogP contribution in [0.15, 0.2) is 0 Å². The molecule has 3 heteroatoms. The molecule has 1 aliphatic heterocycles. The van der Waals surface area contributed by atoms with E-state index in [0.717, 1.165) is 38.8 Å². The van der Waals surface area contributed by atoms with Gasteiger partial charge in [-0.05, 0) is 25.2 Å². The third-order valence-electron chi connectivity index (χ3n) is 3.40. The lowest BCUT2D eigenvalue weighted by atomic mass is 10.0. The number of nitrogens with zero attached hydrogens (tertiary/aromatic N) is 1. The highest BCUT2D eigenvalue weighted by Gasteiger charge is 2.26. The molecule has 0 bridgehead atoms. The molecular formula is C13H24ClNO. The van der Waals surface area contributed by atoms with Crippen LogP contribution >= 0.6 is 11.6 Å². The number of likely N-dealkylation sites (tertiary alicyclic amines) is 1. The Morgan fingerprint density at radius 1 is 1.25 bits per heavy atom. The van der Waals surface area contributed by atoms with Crippen LogP contribution < -0.4 is 0 Å². The lowest BCUT2D eigenvalue weighted by molar-refractivity contribution is -0.131. The Labute approximate surface area is 104 Å². The molecule has 0 N–H and O–H groups in total. The van der Waals surface area contributed by atoms with Crippen LogP contribution in [0.2, 0.25) is 0 Å². The number of rotatable bonds is 4. The highest BCUT2D eigenvalue weighted by molar-refractivity contribution is 6.30. The first-order chi connectivity index (χ1) is 7.66. The van der Waals surface area contributed by atoms with E-state index in [-0.39, 0.29) is 11.3 Å². The van der Waals surface area contributed by atoms with Gasteiger partial charge in [0.05, 0.1) is 0 Å². The first kappa shape index (κ1) is 13.8. The Morgan fingerprint density at radius 3 is 2.31 bits per heavy atom. The Hall–Kier alpha value is -0.240. The number of alkyl halides is 1. The fourth-order valence-corrected chi connectivity index (χ4v) is 2.57. The van der Waals surface area contributed by atoms with E-state index in [1.807, 2.05) is 4.90 Å².